The van der Waals surface area contributed by atoms with Gasteiger partial charge in [-0.05, 0) is 194 Å². The van der Waals surface area contributed by atoms with Gasteiger partial charge in [0.05, 0.1) is 0 Å². The molecular formula is C50H108N10. The van der Waals surface area contributed by atoms with Crippen LogP contribution in [-0.4, -0.2) is 224 Å². The molecule has 6 aliphatic heterocycles. The van der Waals surface area contributed by atoms with Gasteiger partial charge >= 0.3 is 0 Å². The van der Waals surface area contributed by atoms with Crippen molar-refractivity contribution in [1.29, 1.82) is 0 Å². The number of hydrogen-bond donors (Lipinski definition) is 2. The van der Waals surface area contributed by atoms with Gasteiger partial charge in [0, 0.05) is 91.6 Å². The Morgan fingerprint density at radius 3 is 1.27 bits per heavy atom. The Labute approximate surface area is 376 Å². The molecule has 0 aliphatic carbocycles. The Bertz CT molecular complexity index is 906. The van der Waals surface area contributed by atoms with Crippen LogP contribution in [0.5, 0.6) is 0 Å². The minimum Gasteiger partial charge on any atom is -0.317 e. The molecule has 0 aromatic carbocycles. The predicted molar refractivity (Wildman–Crippen MR) is 265 cm³/mol. The van der Waals surface area contributed by atoms with Crippen LogP contribution in [0, 0.1) is 23.7 Å². The molecule has 0 aromatic rings. The van der Waals surface area contributed by atoms with Crippen LogP contribution >= 0.6 is 0 Å². The molecule has 6 fully saturated rings. The summed E-state index contributed by atoms with van der Waals surface area (Å²) in [5.74, 6) is 3.91. The van der Waals surface area contributed by atoms with Gasteiger partial charge < -0.3 is 49.8 Å². The van der Waals surface area contributed by atoms with E-state index in [1.54, 1.807) is 0 Å². The van der Waals surface area contributed by atoms with Gasteiger partial charge in [0.25, 0.3) is 0 Å². The lowest BCUT2D eigenvalue weighted by molar-refractivity contribution is 0.0679. The van der Waals surface area contributed by atoms with Crippen molar-refractivity contribution in [2.75, 3.05) is 185 Å². The monoisotopic (exact) mass is 849 g/mol. The lowest BCUT2D eigenvalue weighted by atomic mass is 9.93. The molecule has 2 N–H and O–H groups in total. The summed E-state index contributed by atoms with van der Waals surface area (Å²) in [6, 6.07) is 0. The highest BCUT2D eigenvalue weighted by molar-refractivity contribution is 4.82. The van der Waals surface area contributed by atoms with E-state index in [-0.39, 0.29) is 0 Å². The fourth-order valence-electron chi connectivity index (χ4n) is 10.2. The first-order chi connectivity index (χ1) is 29.2. The first-order valence-electron chi connectivity index (χ1n) is 26.3. The van der Waals surface area contributed by atoms with E-state index < -0.39 is 0 Å². The van der Waals surface area contributed by atoms with Crippen LogP contribution in [0.15, 0.2) is 0 Å². The third kappa shape index (κ3) is 26.4. The van der Waals surface area contributed by atoms with Gasteiger partial charge in [-0.25, -0.2) is 0 Å². The Balaban J connectivity index is 0.000000273. The molecule has 6 heterocycles. The van der Waals surface area contributed by atoms with E-state index in [0.29, 0.717) is 0 Å². The van der Waals surface area contributed by atoms with E-state index in [0.717, 1.165) is 23.7 Å². The van der Waals surface area contributed by atoms with Crippen molar-refractivity contribution in [2.45, 2.75) is 119 Å². The summed E-state index contributed by atoms with van der Waals surface area (Å²) in [6.07, 6.45) is 16.5. The minimum absolute atomic E-state index is 0.947. The highest BCUT2D eigenvalue weighted by atomic mass is 15.3. The molecule has 6 aliphatic rings. The van der Waals surface area contributed by atoms with Gasteiger partial charge in [0.1, 0.15) is 0 Å². The number of piperidine rings is 2. The molecule has 0 radical (unpaired) electrons. The first kappa shape index (κ1) is 55.7. The quantitative estimate of drug-likeness (QED) is 0.144. The summed E-state index contributed by atoms with van der Waals surface area (Å²) in [4.78, 5) is 20.2. The van der Waals surface area contributed by atoms with Crippen LogP contribution in [0.1, 0.15) is 119 Å². The number of nitrogens with one attached hydrogen (secondary N) is 2. The summed E-state index contributed by atoms with van der Waals surface area (Å²) >= 11 is 0. The summed E-state index contributed by atoms with van der Waals surface area (Å²) in [5.41, 5.74) is 0. The van der Waals surface area contributed by atoms with E-state index >= 15 is 0 Å². The SMILES string of the molecule is CC.CCCN(CCC)CC1CN(C)C1.CCCN(CCC)CCCC1CCNCC1.CN1CCN(CC2CN(C)C2)CC1.CN1CCN(CCCC2CCNCC2)CC1. The fraction of sp³-hybridized carbons (Fsp3) is 1.00. The van der Waals surface area contributed by atoms with Crippen molar-refractivity contribution in [3.8, 4) is 0 Å². The minimum atomic E-state index is 0.947. The molecule has 0 saturated carbocycles. The first-order valence-corrected chi connectivity index (χ1v) is 26.3. The second kappa shape index (κ2) is 35.9. The molecular weight excluding hydrogens is 741 g/mol. The predicted octanol–water partition coefficient (Wildman–Crippen LogP) is 6.39. The van der Waals surface area contributed by atoms with Crippen LogP contribution in [0.3, 0.4) is 0 Å². The summed E-state index contributed by atoms with van der Waals surface area (Å²) < 4.78 is 0. The van der Waals surface area contributed by atoms with E-state index in [2.05, 4.69) is 106 Å². The number of likely N-dealkylation sites (tertiary alicyclic amines) is 2. The van der Waals surface area contributed by atoms with E-state index in [1.807, 2.05) is 13.8 Å². The number of rotatable bonds is 20. The smallest absolute Gasteiger partial charge is 0.0110 e. The maximum Gasteiger partial charge on any atom is 0.0110 e. The van der Waals surface area contributed by atoms with Crippen molar-refractivity contribution in [1.82, 2.24) is 49.8 Å². The number of piperazine rings is 2. The molecule has 0 spiro atoms. The molecule has 0 amide bonds. The van der Waals surface area contributed by atoms with Crippen LogP contribution in [0.25, 0.3) is 0 Å². The lowest BCUT2D eigenvalue weighted by Gasteiger charge is -2.41. The molecule has 358 valence electrons. The largest absolute Gasteiger partial charge is 0.317 e. The summed E-state index contributed by atoms with van der Waals surface area (Å²) in [7, 11) is 8.86. The standard InChI is InChI=1S/C14H30N2.C13H27N3.C11H24N2.C10H21N3.C2H6/c1-3-11-16(12-4-2)13-5-6-14-7-9-15-10-8-14;1-15-9-11-16(12-10-15)8-2-3-13-4-6-14-7-5-13;1-4-6-13(7-5-2)10-11-8-12(3)9-11;1-11-3-5-13(6-4-11)9-10-7-12(2)8-10;1-2/h14-15H,3-13H2,1-2H3;13-14H,2-12H2,1H3;11H,4-10H2,1-3H3;10H,3-9H2,1-2H3;1-2H3. The van der Waals surface area contributed by atoms with Gasteiger partial charge in [0.2, 0.25) is 0 Å². The number of hydrogen-bond acceptors (Lipinski definition) is 10. The van der Waals surface area contributed by atoms with Gasteiger partial charge in [-0.15, -0.1) is 0 Å². The van der Waals surface area contributed by atoms with Gasteiger partial charge in [-0.2, -0.15) is 0 Å². The van der Waals surface area contributed by atoms with Crippen molar-refractivity contribution < 1.29 is 0 Å². The Morgan fingerprint density at radius 1 is 0.433 bits per heavy atom. The fourth-order valence-corrected chi connectivity index (χ4v) is 10.2. The van der Waals surface area contributed by atoms with Gasteiger partial charge in [0.15, 0.2) is 0 Å². The number of nitrogens with zero attached hydrogens (tertiary/aromatic N) is 8. The lowest BCUT2D eigenvalue weighted by Crippen LogP contribution is -2.53. The molecule has 6 saturated heterocycles. The number of likely N-dealkylation sites (N-methyl/N-ethyl adjacent to an activating group) is 2. The second-order valence-corrected chi connectivity index (χ2v) is 19.7. The maximum atomic E-state index is 3.44. The molecule has 60 heavy (non-hydrogen) atoms. The van der Waals surface area contributed by atoms with E-state index in [9.17, 15) is 0 Å². The van der Waals surface area contributed by atoms with Crippen LogP contribution < -0.4 is 10.6 Å². The zero-order chi connectivity index (χ0) is 43.8. The van der Waals surface area contributed by atoms with Crippen molar-refractivity contribution in [3.05, 3.63) is 0 Å². The molecule has 0 atom stereocenters. The van der Waals surface area contributed by atoms with E-state index in [1.165, 1.54) is 234 Å². The highest BCUT2D eigenvalue weighted by Crippen LogP contribution is 2.20. The third-order valence-corrected chi connectivity index (χ3v) is 13.8. The molecule has 0 aromatic heterocycles. The Kier molecular flexibility index (Phi) is 33.3. The average Bonchev–Trinajstić information content (AvgIpc) is 3.24. The highest BCUT2D eigenvalue weighted by Gasteiger charge is 2.27. The average molecular weight is 849 g/mol. The normalized spacial score (nSPS) is 22.4. The van der Waals surface area contributed by atoms with Crippen molar-refractivity contribution >= 4 is 0 Å². The zero-order valence-corrected chi connectivity index (χ0v) is 42.3. The van der Waals surface area contributed by atoms with Crippen molar-refractivity contribution in [2.24, 2.45) is 23.7 Å². The summed E-state index contributed by atoms with van der Waals surface area (Å²) in [6.45, 7) is 44.0. The Morgan fingerprint density at radius 2 is 0.833 bits per heavy atom. The van der Waals surface area contributed by atoms with Gasteiger partial charge in [-0.1, -0.05) is 41.5 Å². The van der Waals surface area contributed by atoms with Crippen LogP contribution in [0.2, 0.25) is 0 Å². The molecule has 10 heteroatoms. The van der Waals surface area contributed by atoms with Crippen LogP contribution in [0.4, 0.5) is 0 Å². The second-order valence-electron chi connectivity index (χ2n) is 19.7. The van der Waals surface area contributed by atoms with Crippen molar-refractivity contribution in [3.63, 3.8) is 0 Å². The van der Waals surface area contributed by atoms with E-state index in [4.69, 9.17) is 0 Å². The molecule has 0 bridgehead atoms. The summed E-state index contributed by atoms with van der Waals surface area (Å²) in [5, 5.41) is 6.89. The topological polar surface area (TPSA) is 50.0 Å². The molecule has 6 rings (SSSR count). The van der Waals surface area contributed by atoms with Gasteiger partial charge in [-0.3, -0.25) is 0 Å². The Hall–Kier alpha value is -0.400. The molecule has 10 nitrogen and oxygen atoms in total. The third-order valence-electron chi connectivity index (χ3n) is 13.8. The zero-order valence-electron chi connectivity index (χ0n) is 42.3. The maximum absolute atomic E-state index is 3.44. The van der Waals surface area contributed by atoms with Crippen LogP contribution in [-0.2, 0) is 0 Å². The molecule has 0 unspecified atom stereocenters.